The highest BCUT2D eigenvalue weighted by atomic mass is 32.2. The van der Waals surface area contributed by atoms with E-state index in [0.29, 0.717) is 0 Å². The highest BCUT2D eigenvalue weighted by molar-refractivity contribution is 7.99. The summed E-state index contributed by atoms with van der Waals surface area (Å²) in [7, 11) is 0. The largest absolute Gasteiger partial charge is 0.346 e. The maximum atomic E-state index is 2.54. The first kappa shape index (κ1) is 11.1. The van der Waals surface area contributed by atoms with E-state index in [1.54, 1.807) is 0 Å². The van der Waals surface area contributed by atoms with Gasteiger partial charge in [0.05, 0.1) is 0 Å². The lowest BCUT2D eigenvalue weighted by Crippen LogP contribution is -2.22. The molecule has 0 bridgehead atoms. The summed E-state index contributed by atoms with van der Waals surface area (Å²) in [5.41, 5.74) is 2.86. The highest BCUT2D eigenvalue weighted by Gasteiger charge is 2.23. The predicted octanol–water partition coefficient (Wildman–Crippen LogP) is 3.95. The van der Waals surface area contributed by atoms with E-state index in [2.05, 4.69) is 36.8 Å². The summed E-state index contributed by atoms with van der Waals surface area (Å²) in [5.74, 6) is 0. The Bertz CT molecular complexity index is 310. The van der Waals surface area contributed by atoms with E-state index < -0.39 is 0 Å². The molecule has 1 aliphatic rings. The molecular formula is C13H21NS. The fourth-order valence-corrected chi connectivity index (χ4v) is 3.64. The van der Waals surface area contributed by atoms with Crippen LogP contribution < -0.4 is 0 Å². The van der Waals surface area contributed by atoms with Crippen molar-refractivity contribution in [2.75, 3.05) is 6.26 Å². The minimum absolute atomic E-state index is 0.756. The van der Waals surface area contributed by atoms with Crippen molar-refractivity contribution >= 4 is 11.8 Å². The van der Waals surface area contributed by atoms with Crippen molar-refractivity contribution < 1.29 is 0 Å². The van der Waals surface area contributed by atoms with Crippen LogP contribution in [0.4, 0.5) is 0 Å². The number of aryl methyl sites for hydroxylation is 2. The van der Waals surface area contributed by atoms with Gasteiger partial charge in [-0.05, 0) is 51.5 Å². The van der Waals surface area contributed by atoms with Gasteiger partial charge in [-0.2, -0.15) is 11.8 Å². The van der Waals surface area contributed by atoms with E-state index >= 15 is 0 Å². The Morgan fingerprint density at radius 2 is 1.87 bits per heavy atom. The minimum atomic E-state index is 0.756. The second-order valence-electron chi connectivity index (χ2n) is 4.66. The molecule has 1 heterocycles. The molecule has 0 spiro atoms. The van der Waals surface area contributed by atoms with Crippen molar-refractivity contribution in [3.8, 4) is 0 Å². The molecule has 2 heteroatoms. The van der Waals surface area contributed by atoms with Crippen LogP contribution in [0.5, 0.6) is 0 Å². The molecule has 0 amide bonds. The first-order valence-electron chi connectivity index (χ1n) is 5.89. The lowest BCUT2D eigenvalue weighted by atomic mass is 9.94. The first-order chi connectivity index (χ1) is 7.22. The van der Waals surface area contributed by atoms with Crippen LogP contribution in [0.25, 0.3) is 0 Å². The van der Waals surface area contributed by atoms with Gasteiger partial charge in [0.2, 0.25) is 0 Å². The number of rotatable bonds is 2. The summed E-state index contributed by atoms with van der Waals surface area (Å²) in [6.45, 7) is 4.46. The van der Waals surface area contributed by atoms with Gasteiger partial charge in [-0.1, -0.05) is 6.42 Å². The second kappa shape index (κ2) is 4.65. The van der Waals surface area contributed by atoms with Crippen molar-refractivity contribution in [2.45, 2.75) is 50.8 Å². The van der Waals surface area contributed by atoms with Crippen molar-refractivity contribution in [1.82, 2.24) is 4.57 Å². The van der Waals surface area contributed by atoms with Gasteiger partial charge in [0.25, 0.3) is 0 Å². The molecule has 1 aromatic rings. The van der Waals surface area contributed by atoms with Crippen molar-refractivity contribution in [2.24, 2.45) is 0 Å². The van der Waals surface area contributed by atoms with E-state index in [0.717, 1.165) is 11.3 Å². The molecule has 15 heavy (non-hydrogen) atoms. The number of hydrogen-bond donors (Lipinski definition) is 0. The van der Waals surface area contributed by atoms with E-state index in [9.17, 15) is 0 Å². The third kappa shape index (κ3) is 2.25. The molecule has 2 unspecified atom stereocenters. The molecule has 0 radical (unpaired) electrons. The molecule has 1 nitrogen and oxygen atoms in total. The van der Waals surface area contributed by atoms with Crippen molar-refractivity contribution in [3.05, 3.63) is 23.5 Å². The Balaban J connectivity index is 2.16. The fraction of sp³-hybridized carbons (Fsp3) is 0.692. The normalized spacial score (nSPS) is 26.9. The molecular weight excluding hydrogens is 202 g/mol. The smallest absolute Gasteiger partial charge is 0.0346 e. The maximum absolute atomic E-state index is 2.54. The van der Waals surface area contributed by atoms with Crippen LogP contribution >= 0.6 is 11.8 Å². The van der Waals surface area contributed by atoms with Crippen LogP contribution in [0, 0.1) is 13.8 Å². The lowest BCUT2D eigenvalue weighted by molar-refractivity contribution is 0.353. The molecule has 0 saturated heterocycles. The molecule has 0 aromatic carbocycles. The lowest BCUT2D eigenvalue weighted by Gasteiger charge is -2.31. The average Bonchev–Trinajstić information content (AvgIpc) is 2.59. The van der Waals surface area contributed by atoms with E-state index in [-0.39, 0.29) is 0 Å². The van der Waals surface area contributed by atoms with Crippen LogP contribution in [-0.2, 0) is 0 Å². The Kier molecular flexibility index (Phi) is 3.45. The number of hydrogen-bond acceptors (Lipinski definition) is 1. The highest BCUT2D eigenvalue weighted by Crippen LogP contribution is 2.35. The zero-order valence-electron chi connectivity index (χ0n) is 9.99. The zero-order valence-corrected chi connectivity index (χ0v) is 10.8. The number of nitrogens with zero attached hydrogens (tertiary/aromatic N) is 1. The molecule has 0 N–H and O–H groups in total. The molecule has 0 aliphatic heterocycles. The zero-order chi connectivity index (χ0) is 10.8. The minimum Gasteiger partial charge on any atom is -0.346 e. The summed E-state index contributed by atoms with van der Waals surface area (Å²) in [4.78, 5) is 0. The SMILES string of the molecule is CSC1CCCC(n2c(C)ccc2C)C1. The Morgan fingerprint density at radius 3 is 2.47 bits per heavy atom. The summed E-state index contributed by atoms with van der Waals surface area (Å²) >= 11 is 2.05. The molecule has 2 rings (SSSR count). The van der Waals surface area contributed by atoms with Crippen LogP contribution in [0.15, 0.2) is 12.1 Å². The quantitative estimate of drug-likeness (QED) is 0.735. The molecule has 1 fully saturated rings. The number of aromatic nitrogens is 1. The van der Waals surface area contributed by atoms with Gasteiger partial charge < -0.3 is 4.57 Å². The summed E-state index contributed by atoms with van der Waals surface area (Å²) < 4.78 is 2.54. The van der Waals surface area contributed by atoms with Crippen LogP contribution in [-0.4, -0.2) is 16.1 Å². The standard InChI is InChI=1S/C13H21NS/c1-10-7-8-11(2)14(10)12-5-4-6-13(9-12)15-3/h7-8,12-13H,4-6,9H2,1-3H3. The predicted molar refractivity (Wildman–Crippen MR) is 68.7 cm³/mol. The molecule has 2 atom stereocenters. The average molecular weight is 223 g/mol. The van der Waals surface area contributed by atoms with Gasteiger partial charge in [0, 0.05) is 22.7 Å². The van der Waals surface area contributed by atoms with Crippen molar-refractivity contribution in [3.63, 3.8) is 0 Å². The van der Waals surface area contributed by atoms with Gasteiger partial charge in [0.1, 0.15) is 0 Å². The van der Waals surface area contributed by atoms with Gasteiger partial charge in [-0.25, -0.2) is 0 Å². The monoisotopic (exact) mass is 223 g/mol. The van der Waals surface area contributed by atoms with E-state index in [1.165, 1.54) is 37.1 Å². The van der Waals surface area contributed by atoms with Crippen LogP contribution in [0.3, 0.4) is 0 Å². The fourth-order valence-electron chi connectivity index (χ4n) is 2.82. The van der Waals surface area contributed by atoms with Gasteiger partial charge in [-0.15, -0.1) is 0 Å². The first-order valence-corrected chi connectivity index (χ1v) is 7.18. The number of thioether (sulfide) groups is 1. The van der Waals surface area contributed by atoms with Gasteiger partial charge in [0.15, 0.2) is 0 Å². The van der Waals surface area contributed by atoms with E-state index in [1.807, 2.05) is 11.8 Å². The molecule has 84 valence electrons. The third-order valence-electron chi connectivity index (χ3n) is 3.62. The second-order valence-corrected chi connectivity index (χ2v) is 5.80. The van der Waals surface area contributed by atoms with Crippen LogP contribution in [0.1, 0.15) is 43.1 Å². The maximum Gasteiger partial charge on any atom is 0.0346 e. The Labute approximate surface area is 97.3 Å². The molecule has 1 aromatic heterocycles. The Hall–Kier alpha value is -0.370. The summed E-state index contributed by atoms with van der Waals surface area (Å²) in [5, 5.41) is 0.880. The topological polar surface area (TPSA) is 4.93 Å². The van der Waals surface area contributed by atoms with Gasteiger partial charge in [-0.3, -0.25) is 0 Å². The van der Waals surface area contributed by atoms with Crippen molar-refractivity contribution in [1.29, 1.82) is 0 Å². The molecule has 1 saturated carbocycles. The third-order valence-corrected chi connectivity index (χ3v) is 4.72. The van der Waals surface area contributed by atoms with Gasteiger partial charge >= 0.3 is 0 Å². The summed E-state index contributed by atoms with van der Waals surface area (Å²) in [6, 6.07) is 5.25. The Morgan fingerprint density at radius 1 is 1.20 bits per heavy atom. The van der Waals surface area contributed by atoms with E-state index in [4.69, 9.17) is 0 Å². The molecule has 1 aliphatic carbocycles. The summed E-state index contributed by atoms with van der Waals surface area (Å²) in [6.07, 6.45) is 7.79. The van der Waals surface area contributed by atoms with Crippen LogP contribution in [0.2, 0.25) is 0 Å².